The number of amides is 2. The molecular weight excluding hydrogens is 511 g/mol. The van der Waals surface area contributed by atoms with Gasteiger partial charge in [-0.3, -0.25) is 19.6 Å². The van der Waals surface area contributed by atoms with E-state index in [0.29, 0.717) is 36.7 Å². The molecule has 39 heavy (non-hydrogen) atoms. The van der Waals surface area contributed by atoms with Gasteiger partial charge in [-0.2, -0.15) is 13.2 Å². The molecule has 4 rings (SSSR count). The summed E-state index contributed by atoms with van der Waals surface area (Å²) in [5, 5.41) is 12.0. The van der Waals surface area contributed by atoms with Crippen LogP contribution in [0.1, 0.15) is 62.4 Å². The normalized spacial score (nSPS) is 14.3. The van der Waals surface area contributed by atoms with Crippen LogP contribution in [0.25, 0.3) is 0 Å². The Bertz CT molecular complexity index is 1320. The molecule has 2 amide bonds. The van der Waals surface area contributed by atoms with Gasteiger partial charge < -0.3 is 21.1 Å². The van der Waals surface area contributed by atoms with Crippen molar-refractivity contribution < 1.29 is 27.9 Å². The van der Waals surface area contributed by atoms with Gasteiger partial charge in [0.05, 0.1) is 16.8 Å². The van der Waals surface area contributed by atoms with Gasteiger partial charge in [0.2, 0.25) is 0 Å². The second kappa shape index (κ2) is 12.2. The average Bonchev–Trinajstić information content (AvgIpc) is 2.92. The van der Waals surface area contributed by atoms with Crippen molar-refractivity contribution in [2.75, 3.05) is 25.0 Å². The molecule has 1 fully saturated rings. The number of hydrogen-bond donors (Lipinski definition) is 3. The zero-order valence-corrected chi connectivity index (χ0v) is 21.2. The molecule has 2 aromatic heterocycles. The highest BCUT2D eigenvalue weighted by atomic mass is 19.4. The summed E-state index contributed by atoms with van der Waals surface area (Å²) in [4.78, 5) is 34.9. The number of nitrogens with one attached hydrogen (secondary N) is 1. The molecule has 206 valence electrons. The molecule has 3 heterocycles. The van der Waals surface area contributed by atoms with E-state index in [0.717, 1.165) is 43.3 Å². The van der Waals surface area contributed by atoms with E-state index in [-0.39, 0.29) is 35.9 Å². The van der Waals surface area contributed by atoms with Crippen LogP contribution in [0, 0.1) is 5.92 Å². The van der Waals surface area contributed by atoms with E-state index in [9.17, 15) is 22.8 Å². The summed E-state index contributed by atoms with van der Waals surface area (Å²) in [6, 6.07) is 9.67. The van der Waals surface area contributed by atoms with Crippen LogP contribution < -0.4 is 11.1 Å². The fraction of sp³-hybridized carbons (Fsp3) is 0.357. The van der Waals surface area contributed by atoms with Gasteiger partial charge in [-0.1, -0.05) is 12.1 Å². The number of hydrogen-bond acceptors (Lipinski definition) is 6. The van der Waals surface area contributed by atoms with Crippen molar-refractivity contribution in [3.8, 4) is 0 Å². The summed E-state index contributed by atoms with van der Waals surface area (Å²) >= 11 is 0. The molecule has 0 aliphatic carbocycles. The fourth-order valence-electron chi connectivity index (χ4n) is 4.79. The first-order chi connectivity index (χ1) is 18.7. The number of nitrogens with zero attached hydrogens (tertiary/aromatic N) is 3. The topological polar surface area (TPSA) is 121 Å². The lowest BCUT2D eigenvalue weighted by atomic mass is 9.93. The maximum atomic E-state index is 13.4. The first-order valence-electron chi connectivity index (χ1n) is 12.7. The van der Waals surface area contributed by atoms with Gasteiger partial charge in [0.15, 0.2) is 0 Å². The Morgan fingerprint density at radius 2 is 1.90 bits per heavy atom. The lowest BCUT2D eigenvalue weighted by molar-refractivity contribution is -0.138. The lowest BCUT2D eigenvalue weighted by Gasteiger charge is -2.32. The fourth-order valence-corrected chi connectivity index (χ4v) is 4.79. The number of halogens is 3. The van der Waals surface area contributed by atoms with Crippen LogP contribution in [0.4, 0.5) is 18.9 Å². The third-order valence-electron chi connectivity index (χ3n) is 6.90. The molecule has 1 aliphatic rings. The minimum atomic E-state index is -4.55. The molecule has 4 N–H and O–H groups in total. The van der Waals surface area contributed by atoms with Gasteiger partial charge in [0.25, 0.3) is 11.8 Å². The molecule has 1 aromatic carbocycles. The number of aromatic nitrogens is 2. The van der Waals surface area contributed by atoms with Gasteiger partial charge >= 0.3 is 6.18 Å². The van der Waals surface area contributed by atoms with E-state index < -0.39 is 17.6 Å². The number of rotatable bonds is 9. The summed E-state index contributed by atoms with van der Waals surface area (Å²) in [6.45, 7) is 1.22. The van der Waals surface area contributed by atoms with Crippen molar-refractivity contribution in [2.45, 2.75) is 38.4 Å². The van der Waals surface area contributed by atoms with Crippen molar-refractivity contribution in [2.24, 2.45) is 11.7 Å². The number of pyridine rings is 2. The largest absolute Gasteiger partial charge is 0.416 e. The number of nitrogens with two attached hydrogens (primary N) is 1. The number of aliphatic hydroxyl groups excluding tert-OH is 1. The van der Waals surface area contributed by atoms with Crippen molar-refractivity contribution >= 4 is 17.5 Å². The van der Waals surface area contributed by atoms with Gasteiger partial charge in [-0.05, 0) is 55.0 Å². The summed E-state index contributed by atoms with van der Waals surface area (Å²) in [5.74, 6) is -0.398. The molecule has 0 bridgehead atoms. The number of piperidine rings is 1. The Morgan fingerprint density at radius 3 is 2.59 bits per heavy atom. The number of primary amides is 1. The van der Waals surface area contributed by atoms with Crippen LogP contribution in [-0.4, -0.2) is 51.5 Å². The van der Waals surface area contributed by atoms with Gasteiger partial charge in [0.1, 0.15) is 0 Å². The summed E-state index contributed by atoms with van der Waals surface area (Å²) in [5.41, 5.74) is 6.77. The molecule has 0 unspecified atom stereocenters. The Labute approximate surface area is 224 Å². The predicted molar refractivity (Wildman–Crippen MR) is 139 cm³/mol. The third kappa shape index (κ3) is 7.11. The average molecular weight is 542 g/mol. The predicted octanol–water partition coefficient (Wildman–Crippen LogP) is 4.03. The molecule has 8 nitrogen and oxygen atoms in total. The van der Waals surface area contributed by atoms with E-state index in [1.807, 2.05) is 11.0 Å². The third-order valence-corrected chi connectivity index (χ3v) is 6.90. The zero-order chi connectivity index (χ0) is 28.0. The maximum absolute atomic E-state index is 13.4. The second-order valence-corrected chi connectivity index (χ2v) is 9.59. The van der Waals surface area contributed by atoms with Crippen LogP contribution in [0.5, 0.6) is 0 Å². The van der Waals surface area contributed by atoms with Crippen molar-refractivity contribution in [1.29, 1.82) is 0 Å². The van der Waals surface area contributed by atoms with E-state index in [4.69, 9.17) is 10.8 Å². The quantitative estimate of drug-likeness (QED) is 0.376. The van der Waals surface area contributed by atoms with Crippen LogP contribution in [-0.2, 0) is 19.1 Å². The van der Waals surface area contributed by atoms with Gasteiger partial charge in [0, 0.05) is 68.1 Å². The molecule has 1 aliphatic heterocycles. The number of anilines is 1. The molecule has 0 saturated carbocycles. The van der Waals surface area contributed by atoms with Crippen molar-refractivity contribution in [1.82, 2.24) is 14.9 Å². The number of likely N-dealkylation sites (tertiary alicyclic amines) is 1. The van der Waals surface area contributed by atoms with Crippen LogP contribution in [0.2, 0.25) is 0 Å². The number of benzene rings is 1. The Morgan fingerprint density at radius 1 is 1.13 bits per heavy atom. The molecule has 0 radical (unpaired) electrons. The Balaban J connectivity index is 1.49. The van der Waals surface area contributed by atoms with Crippen LogP contribution in [0.15, 0.2) is 55.0 Å². The molecule has 3 aromatic rings. The van der Waals surface area contributed by atoms with Crippen LogP contribution >= 0.6 is 0 Å². The summed E-state index contributed by atoms with van der Waals surface area (Å²) in [7, 11) is 0. The zero-order valence-electron chi connectivity index (χ0n) is 21.2. The maximum Gasteiger partial charge on any atom is 0.416 e. The van der Waals surface area contributed by atoms with Gasteiger partial charge in [-0.15, -0.1) is 0 Å². The SMILES string of the molecule is NC(=O)c1cnc(Cc2cccc(C(=O)N3CCC(CCO)CC3)c2)cc1NCc1cnccc1C(F)(F)F. The molecule has 11 heteroatoms. The van der Waals surface area contributed by atoms with Crippen molar-refractivity contribution in [3.05, 3.63) is 88.5 Å². The van der Waals surface area contributed by atoms with Gasteiger partial charge in [-0.25, -0.2) is 0 Å². The minimum Gasteiger partial charge on any atom is -0.396 e. The Kier molecular flexibility index (Phi) is 8.80. The monoisotopic (exact) mass is 541 g/mol. The van der Waals surface area contributed by atoms with E-state index in [1.165, 1.54) is 6.20 Å². The minimum absolute atomic E-state index is 0.0460. The van der Waals surface area contributed by atoms with E-state index in [2.05, 4.69) is 15.3 Å². The smallest absolute Gasteiger partial charge is 0.396 e. The number of carbonyl (C=O) groups is 2. The highest BCUT2D eigenvalue weighted by Crippen LogP contribution is 2.32. The lowest BCUT2D eigenvalue weighted by Crippen LogP contribution is -2.38. The highest BCUT2D eigenvalue weighted by molar-refractivity contribution is 5.98. The molecule has 0 atom stereocenters. The number of aliphatic hydroxyl groups is 1. The van der Waals surface area contributed by atoms with E-state index >= 15 is 0 Å². The van der Waals surface area contributed by atoms with Crippen molar-refractivity contribution in [3.63, 3.8) is 0 Å². The standard InChI is InChI=1S/C28H30F3N5O3/c29-28(30,31)24-4-8-33-15-21(24)16-35-25-14-22(34-17-23(25)26(32)38)13-19-2-1-3-20(12-19)27(39)36-9-5-18(6-10-36)7-11-37/h1-4,8,12,14-15,17-18,37H,5-7,9-11,13,16H2,(H2,32,38)(H,34,35). The summed E-state index contributed by atoms with van der Waals surface area (Å²) in [6.07, 6.45) is 1.75. The Hall–Kier alpha value is -3.99. The molecule has 0 spiro atoms. The molecular formula is C28H30F3N5O3. The first kappa shape index (κ1) is 28.0. The second-order valence-electron chi connectivity index (χ2n) is 9.59. The number of carbonyl (C=O) groups excluding carboxylic acids is 2. The molecule has 1 saturated heterocycles. The van der Waals surface area contributed by atoms with E-state index in [1.54, 1.807) is 24.3 Å². The summed E-state index contributed by atoms with van der Waals surface area (Å²) < 4.78 is 40.1. The first-order valence-corrected chi connectivity index (χ1v) is 12.7. The van der Waals surface area contributed by atoms with Crippen LogP contribution in [0.3, 0.4) is 0 Å². The number of alkyl halides is 3. The highest BCUT2D eigenvalue weighted by Gasteiger charge is 2.33.